The smallest absolute Gasteiger partial charge is 0.161 e. The first-order chi connectivity index (χ1) is 8.09. The van der Waals surface area contributed by atoms with E-state index in [4.69, 9.17) is 21.1 Å². The van der Waals surface area contributed by atoms with Crippen LogP contribution in [-0.4, -0.2) is 25.9 Å². The SMILES string of the molecule is Fc1cc(F)c(C(Cl)C2COCCO2)cc1F. The van der Waals surface area contributed by atoms with E-state index in [2.05, 4.69) is 0 Å². The normalized spacial score (nSPS) is 22.5. The first-order valence-corrected chi connectivity index (χ1v) is 5.51. The highest BCUT2D eigenvalue weighted by atomic mass is 35.5. The summed E-state index contributed by atoms with van der Waals surface area (Å²) in [5.74, 6) is -3.27. The number of ether oxygens (including phenoxy) is 2. The molecule has 17 heavy (non-hydrogen) atoms. The number of rotatable bonds is 2. The molecule has 0 aliphatic carbocycles. The van der Waals surface area contributed by atoms with Crippen molar-refractivity contribution >= 4 is 11.6 Å². The zero-order valence-electron chi connectivity index (χ0n) is 8.76. The lowest BCUT2D eigenvalue weighted by Gasteiger charge is -2.27. The van der Waals surface area contributed by atoms with Crippen molar-refractivity contribution in [1.29, 1.82) is 0 Å². The highest BCUT2D eigenvalue weighted by Crippen LogP contribution is 2.31. The maximum absolute atomic E-state index is 13.4. The van der Waals surface area contributed by atoms with Crippen molar-refractivity contribution in [2.24, 2.45) is 0 Å². The summed E-state index contributed by atoms with van der Waals surface area (Å²) >= 11 is 5.98. The average molecular weight is 267 g/mol. The minimum Gasteiger partial charge on any atom is -0.376 e. The van der Waals surface area contributed by atoms with Gasteiger partial charge >= 0.3 is 0 Å². The molecule has 1 aliphatic rings. The molecule has 0 spiro atoms. The zero-order chi connectivity index (χ0) is 12.4. The lowest BCUT2D eigenvalue weighted by Crippen LogP contribution is -2.32. The number of hydrogen-bond donors (Lipinski definition) is 0. The van der Waals surface area contributed by atoms with Crippen LogP contribution in [0.2, 0.25) is 0 Å². The zero-order valence-corrected chi connectivity index (χ0v) is 9.52. The van der Waals surface area contributed by atoms with Crippen LogP contribution in [0.25, 0.3) is 0 Å². The lowest BCUT2D eigenvalue weighted by molar-refractivity contribution is -0.0895. The minimum absolute atomic E-state index is 0.124. The fraction of sp³-hybridized carbons (Fsp3) is 0.455. The third-order valence-corrected chi connectivity index (χ3v) is 3.02. The summed E-state index contributed by atoms with van der Waals surface area (Å²) in [6, 6.07) is 1.23. The van der Waals surface area contributed by atoms with Crippen LogP contribution >= 0.6 is 11.6 Å². The van der Waals surface area contributed by atoms with E-state index in [1.165, 1.54) is 0 Å². The summed E-state index contributed by atoms with van der Waals surface area (Å²) in [7, 11) is 0. The van der Waals surface area contributed by atoms with Crippen LogP contribution in [0, 0.1) is 17.5 Å². The van der Waals surface area contributed by atoms with Crippen LogP contribution in [0.5, 0.6) is 0 Å². The van der Waals surface area contributed by atoms with Gasteiger partial charge in [0.25, 0.3) is 0 Å². The van der Waals surface area contributed by atoms with Gasteiger partial charge in [0.15, 0.2) is 11.6 Å². The number of hydrogen-bond acceptors (Lipinski definition) is 2. The third-order valence-electron chi connectivity index (χ3n) is 2.50. The van der Waals surface area contributed by atoms with Gasteiger partial charge in [-0.25, -0.2) is 13.2 Å². The Bertz CT molecular complexity index is 408. The lowest BCUT2D eigenvalue weighted by atomic mass is 10.1. The van der Waals surface area contributed by atoms with Gasteiger partial charge in [-0.3, -0.25) is 0 Å². The van der Waals surface area contributed by atoms with Crippen molar-refractivity contribution in [2.45, 2.75) is 11.5 Å². The molecule has 2 nitrogen and oxygen atoms in total. The first-order valence-electron chi connectivity index (χ1n) is 5.07. The topological polar surface area (TPSA) is 18.5 Å². The van der Waals surface area contributed by atoms with Gasteiger partial charge in [0.2, 0.25) is 0 Å². The van der Waals surface area contributed by atoms with Gasteiger partial charge in [-0.05, 0) is 6.07 Å². The summed E-state index contributed by atoms with van der Waals surface area (Å²) in [6.45, 7) is 0.992. The Labute approximate surface area is 101 Å². The van der Waals surface area contributed by atoms with Gasteiger partial charge in [-0.1, -0.05) is 0 Å². The van der Waals surface area contributed by atoms with E-state index in [1.807, 2.05) is 0 Å². The Morgan fingerprint density at radius 1 is 1.12 bits per heavy atom. The minimum atomic E-state index is -1.24. The van der Waals surface area contributed by atoms with Crippen LogP contribution in [0.1, 0.15) is 10.9 Å². The quantitative estimate of drug-likeness (QED) is 0.605. The van der Waals surface area contributed by atoms with E-state index in [9.17, 15) is 13.2 Å². The van der Waals surface area contributed by atoms with Gasteiger partial charge in [0, 0.05) is 11.6 Å². The van der Waals surface area contributed by atoms with Crippen molar-refractivity contribution in [3.8, 4) is 0 Å². The molecule has 1 aromatic carbocycles. The Balaban J connectivity index is 2.23. The predicted octanol–water partition coefficient (Wildman–Crippen LogP) is 2.80. The summed E-state index contributed by atoms with van der Waals surface area (Å²) in [5, 5.41) is -0.912. The van der Waals surface area contributed by atoms with Crippen LogP contribution in [0.4, 0.5) is 13.2 Å². The molecule has 0 amide bonds. The van der Waals surface area contributed by atoms with Crippen LogP contribution in [0.15, 0.2) is 12.1 Å². The summed E-state index contributed by atoms with van der Waals surface area (Å²) in [4.78, 5) is 0. The van der Waals surface area contributed by atoms with Crippen LogP contribution in [-0.2, 0) is 9.47 Å². The van der Waals surface area contributed by atoms with Gasteiger partial charge in [-0.2, -0.15) is 0 Å². The van der Waals surface area contributed by atoms with E-state index in [0.717, 1.165) is 6.07 Å². The molecule has 0 saturated carbocycles. The molecular formula is C11H10ClF3O2. The summed E-state index contributed by atoms with van der Waals surface area (Å²) in [6.07, 6.45) is -0.565. The molecule has 2 unspecified atom stereocenters. The third kappa shape index (κ3) is 2.73. The number of halogens is 4. The molecule has 94 valence electrons. The van der Waals surface area contributed by atoms with Gasteiger partial charge < -0.3 is 9.47 Å². The molecule has 0 radical (unpaired) electrons. The molecule has 1 saturated heterocycles. The second-order valence-corrected chi connectivity index (χ2v) is 4.14. The van der Waals surface area contributed by atoms with E-state index in [-0.39, 0.29) is 12.2 Å². The molecule has 1 aromatic rings. The fourth-order valence-corrected chi connectivity index (χ4v) is 1.94. The van der Waals surface area contributed by atoms with Gasteiger partial charge in [0.1, 0.15) is 11.9 Å². The van der Waals surface area contributed by atoms with Gasteiger partial charge in [0.05, 0.1) is 25.2 Å². The average Bonchev–Trinajstić information content (AvgIpc) is 2.34. The molecular weight excluding hydrogens is 257 g/mol. The summed E-state index contributed by atoms with van der Waals surface area (Å²) in [5.41, 5.74) is -0.124. The molecule has 2 rings (SSSR count). The van der Waals surface area contributed by atoms with Crippen molar-refractivity contribution in [2.75, 3.05) is 19.8 Å². The number of benzene rings is 1. The molecule has 2 atom stereocenters. The molecule has 1 aliphatic heterocycles. The Morgan fingerprint density at radius 3 is 2.47 bits per heavy atom. The molecule has 0 N–H and O–H groups in total. The maximum atomic E-state index is 13.4. The van der Waals surface area contributed by atoms with E-state index >= 15 is 0 Å². The monoisotopic (exact) mass is 266 g/mol. The first kappa shape index (κ1) is 12.7. The van der Waals surface area contributed by atoms with Crippen molar-refractivity contribution < 1.29 is 22.6 Å². The second-order valence-electron chi connectivity index (χ2n) is 3.67. The van der Waals surface area contributed by atoms with Gasteiger partial charge in [-0.15, -0.1) is 11.6 Å². The molecule has 1 heterocycles. The number of alkyl halides is 1. The molecule has 6 heteroatoms. The Kier molecular flexibility index (Phi) is 3.91. The maximum Gasteiger partial charge on any atom is 0.161 e. The van der Waals surface area contributed by atoms with Crippen LogP contribution in [0.3, 0.4) is 0 Å². The van der Waals surface area contributed by atoms with Crippen molar-refractivity contribution in [3.05, 3.63) is 35.1 Å². The molecule has 0 bridgehead atoms. The van der Waals surface area contributed by atoms with E-state index in [1.54, 1.807) is 0 Å². The van der Waals surface area contributed by atoms with E-state index in [0.29, 0.717) is 19.3 Å². The summed E-state index contributed by atoms with van der Waals surface area (Å²) < 4.78 is 49.6. The highest BCUT2D eigenvalue weighted by molar-refractivity contribution is 6.21. The Morgan fingerprint density at radius 2 is 1.82 bits per heavy atom. The molecule has 0 aromatic heterocycles. The van der Waals surface area contributed by atoms with E-state index < -0.39 is 28.9 Å². The van der Waals surface area contributed by atoms with Crippen LogP contribution < -0.4 is 0 Å². The standard InChI is InChI=1S/C11H10ClF3O2/c12-11(10-5-16-1-2-17-10)6-3-8(14)9(15)4-7(6)13/h3-4,10-11H,1-2,5H2. The van der Waals surface area contributed by atoms with Crippen molar-refractivity contribution in [1.82, 2.24) is 0 Å². The Hall–Kier alpha value is -0.780. The fourth-order valence-electron chi connectivity index (χ4n) is 1.62. The largest absolute Gasteiger partial charge is 0.376 e. The second kappa shape index (κ2) is 5.25. The highest BCUT2D eigenvalue weighted by Gasteiger charge is 2.28. The van der Waals surface area contributed by atoms with Crippen molar-refractivity contribution in [3.63, 3.8) is 0 Å². The predicted molar refractivity (Wildman–Crippen MR) is 55.5 cm³/mol. The molecule has 1 fully saturated rings.